The number of methoxy groups -OCH3 is 2. The van der Waals surface area contributed by atoms with Crippen molar-refractivity contribution < 1.29 is 33.8 Å². The molecule has 2 fully saturated rings. The zero-order valence-electron chi connectivity index (χ0n) is 33.8. The summed E-state index contributed by atoms with van der Waals surface area (Å²) in [5.74, 6) is -1.38. The molecule has 0 radical (unpaired) electrons. The van der Waals surface area contributed by atoms with Gasteiger partial charge in [-0.2, -0.15) is 0 Å². The minimum absolute atomic E-state index is 0.0152. The van der Waals surface area contributed by atoms with E-state index in [0.717, 1.165) is 18.4 Å². The van der Waals surface area contributed by atoms with Crippen molar-refractivity contribution in [3.63, 3.8) is 0 Å². The molecule has 0 aromatic heterocycles. The Bertz CT molecular complexity index is 1310. The van der Waals surface area contributed by atoms with Crippen molar-refractivity contribution in [2.24, 2.45) is 17.8 Å². The highest BCUT2D eigenvalue weighted by Gasteiger charge is 2.43. The lowest BCUT2D eigenvalue weighted by Crippen LogP contribution is -2.63. The maximum atomic E-state index is 14.3. The molecule has 2 heterocycles. The van der Waals surface area contributed by atoms with Crippen LogP contribution in [0.5, 0.6) is 0 Å². The number of piperazine rings is 1. The van der Waals surface area contributed by atoms with Gasteiger partial charge in [0.1, 0.15) is 6.04 Å². The predicted molar refractivity (Wildman–Crippen MR) is 206 cm³/mol. The summed E-state index contributed by atoms with van der Waals surface area (Å²) >= 11 is 0. The zero-order chi connectivity index (χ0) is 39.4. The van der Waals surface area contributed by atoms with Crippen LogP contribution in [0.4, 0.5) is 4.79 Å². The fourth-order valence-corrected chi connectivity index (χ4v) is 8.17. The van der Waals surface area contributed by atoms with Crippen LogP contribution in [0.3, 0.4) is 0 Å². The lowest BCUT2D eigenvalue weighted by molar-refractivity contribution is -0.147. The Morgan fingerprint density at radius 1 is 1.00 bits per heavy atom. The van der Waals surface area contributed by atoms with E-state index < -0.39 is 36.3 Å². The van der Waals surface area contributed by atoms with Crippen LogP contribution >= 0.6 is 0 Å². The van der Waals surface area contributed by atoms with E-state index >= 15 is 0 Å². The standard InChI is InChI=1S/C40H68N6O7/c1-11-26(4)36(44(8)39(50)35(25(2)3)43-40(51)46-27(5)22-41-23-28(46)6)33(52-9)21-34(48)45-19-15-18-32(45)37(53-10)29(7)38(49)42-31(24-47)20-30-16-13-12-14-17-30/h12-14,16-17,25-29,31-33,35-37,41,47H,11,15,18-24H2,1-10H3,(H,42,49)(H,43,51)/t26-,27-,28+,29+,31-,32-,33+,35-,36-,37+/m0/s1. The van der Waals surface area contributed by atoms with E-state index in [1.165, 1.54) is 0 Å². The number of benzene rings is 1. The van der Waals surface area contributed by atoms with Crippen LogP contribution in [-0.2, 0) is 30.3 Å². The topological polar surface area (TPSA) is 153 Å². The average molecular weight is 745 g/mol. The Kier molecular flexibility index (Phi) is 17.5. The quantitative estimate of drug-likeness (QED) is 0.179. The Balaban J connectivity index is 1.75. The van der Waals surface area contributed by atoms with E-state index in [1.54, 1.807) is 38.0 Å². The smallest absolute Gasteiger partial charge is 0.318 e. The lowest BCUT2D eigenvalue weighted by atomic mass is 9.89. The van der Waals surface area contributed by atoms with Crippen molar-refractivity contribution in [3.8, 4) is 0 Å². The van der Waals surface area contributed by atoms with E-state index in [0.29, 0.717) is 32.5 Å². The van der Waals surface area contributed by atoms with Gasteiger partial charge in [-0.1, -0.05) is 71.4 Å². The van der Waals surface area contributed by atoms with Gasteiger partial charge >= 0.3 is 6.03 Å². The number of urea groups is 1. The van der Waals surface area contributed by atoms with E-state index in [4.69, 9.17) is 9.47 Å². The first-order valence-corrected chi connectivity index (χ1v) is 19.6. The normalized spacial score (nSPS) is 23.1. The van der Waals surface area contributed by atoms with Gasteiger partial charge in [0.2, 0.25) is 17.7 Å². The minimum atomic E-state index is -0.766. The molecule has 0 bridgehead atoms. The van der Waals surface area contributed by atoms with E-state index in [-0.39, 0.29) is 66.7 Å². The molecule has 1 aromatic rings. The highest BCUT2D eigenvalue weighted by molar-refractivity contribution is 5.88. The third kappa shape index (κ3) is 11.4. The largest absolute Gasteiger partial charge is 0.394 e. The molecule has 13 nitrogen and oxygen atoms in total. The van der Waals surface area contributed by atoms with Gasteiger partial charge in [-0.15, -0.1) is 0 Å². The highest BCUT2D eigenvalue weighted by atomic mass is 16.5. The molecule has 0 saturated carbocycles. The molecule has 3 rings (SSSR count). The average Bonchev–Trinajstić information content (AvgIpc) is 3.62. The van der Waals surface area contributed by atoms with Gasteiger partial charge in [0.05, 0.1) is 49.3 Å². The summed E-state index contributed by atoms with van der Waals surface area (Å²) < 4.78 is 12.0. The summed E-state index contributed by atoms with van der Waals surface area (Å²) in [6.45, 7) is 15.4. The van der Waals surface area contributed by atoms with Crippen molar-refractivity contribution in [1.29, 1.82) is 0 Å². The summed E-state index contributed by atoms with van der Waals surface area (Å²) in [5.41, 5.74) is 1.01. The molecule has 53 heavy (non-hydrogen) atoms. The van der Waals surface area contributed by atoms with Crippen LogP contribution < -0.4 is 16.0 Å². The van der Waals surface area contributed by atoms with Crippen molar-refractivity contribution in [2.45, 2.75) is 129 Å². The van der Waals surface area contributed by atoms with Gasteiger partial charge in [-0.05, 0) is 50.5 Å². The minimum Gasteiger partial charge on any atom is -0.394 e. The molecule has 1 aromatic carbocycles. The van der Waals surface area contributed by atoms with Crippen molar-refractivity contribution >= 4 is 23.8 Å². The number of amides is 5. The summed E-state index contributed by atoms with van der Waals surface area (Å²) in [7, 11) is 4.87. The van der Waals surface area contributed by atoms with Crippen LogP contribution in [-0.4, -0.2) is 140 Å². The van der Waals surface area contributed by atoms with E-state index in [9.17, 15) is 24.3 Å². The molecule has 2 saturated heterocycles. The third-order valence-corrected chi connectivity index (χ3v) is 11.4. The number of rotatable bonds is 18. The Morgan fingerprint density at radius 2 is 1.64 bits per heavy atom. The molecule has 4 N–H and O–H groups in total. The molecular formula is C40H68N6O7. The number of carbonyl (C=O) groups excluding carboxylic acids is 4. The number of aliphatic hydroxyl groups excluding tert-OH is 1. The Labute approximate surface area is 317 Å². The first-order chi connectivity index (χ1) is 25.2. The van der Waals surface area contributed by atoms with Gasteiger partial charge in [0.15, 0.2) is 0 Å². The molecular weight excluding hydrogens is 676 g/mol. The molecule has 13 heteroatoms. The van der Waals surface area contributed by atoms with Gasteiger partial charge in [-0.25, -0.2) is 4.79 Å². The fraction of sp³-hybridized carbons (Fsp3) is 0.750. The molecule has 0 aliphatic carbocycles. The molecule has 2 aliphatic heterocycles. The molecule has 5 amide bonds. The molecule has 0 spiro atoms. The summed E-state index contributed by atoms with van der Waals surface area (Å²) in [6.07, 6.45) is 1.54. The number of hydrogen-bond acceptors (Lipinski definition) is 8. The van der Waals surface area contributed by atoms with Crippen LogP contribution in [0.25, 0.3) is 0 Å². The second-order valence-corrected chi connectivity index (χ2v) is 15.6. The maximum Gasteiger partial charge on any atom is 0.318 e. The number of likely N-dealkylation sites (N-methyl/N-ethyl adjacent to an activating group) is 1. The number of hydrogen-bond donors (Lipinski definition) is 4. The number of aliphatic hydroxyl groups is 1. The van der Waals surface area contributed by atoms with Crippen molar-refractivity contribution in [1.82, 2.24) is 30.7 Å². The number of carbonyl (C=O) groups is 4. The van der Waals surface area contributed by atoms with Crippen LogP contribution in [0, 0.1) is 17.8 Å². The first kappa shape index (κ1) is 44.1. The zero-order valence-corrected chi connectivity index (χ0v) is 33.8. The second kappa shape index (κ2) is 21.0. The number of nitrogens with one attached hydrogen (secondary N) is 3. The van der Waals surface area contributed by atoms with E-state index in [1.807, 2.05) is 69.9 Å². The SMILES string of the molecule is CC[C@H](C)[C@@H]([C@@H](CC(=O)N1CCC[C@H]1[C@H](OC)[C@@H](C)C(=O)N[C@H](CO)Cc1ccccc1)OC)N(C)C(=O)[C@@H](NC(=O)N1[C@H](C)CNC[C@@H]1C)C(C)C. The molecule has 2 aliphatic rings. The molecule has 10 atom stereocenters. The number of likely N-dealkylation sites (tertiary alicyclic amines) is 1. The van der Waals surface area contributed by atoms with E-state index in [2.05, 4.69) is 22.9 Å². The van der Waals surface area contributed by atoms with Gasteiger partial charge in [0.25, 0.3) is 0 Å². The van der Waals surface area contributed by atoms with Crippen LogP contribution in [0.2, 0.25) is 0 Å². The van der Waals surface area contributed by atoms with Crippen LogP contribution in [0.1, 0.15) is 79.7 Å². The molecule has 300 valence electrons. The highest BCUT2D eigenvalue weighted by Crippen LogP contribution is 2.30. The Morgan fingerprint density at radius 3 is 2.19 bits per heavy atom. The third-order valence-electron chi connectivity index (χ3n) is 11.4. The maximum absolute atomic E-state index is 14.3. The summed E-state index contributed by atoms with van der Waals surface area (Å²) in [4.78, 5) is 60.8. The van der Waals surface area contributed by atoms with Gasteiger partial charge in [0, 0.05) is 53.0 Å². The van der Waals surface area contributed by atoms with Gasteiger partial charge < -0.3 is 45.2 Å². The van der Waals surface area contributed by atoms with Gasteiger partial charge in [-0.3, -0.25) is 14.4 Å². The van der Waals surface area contributed by atoms with Crippen molar-refractivity contribution in [2.75, 3.05) is 47.5 Å². The van der Waals surface area contributed by atoms with Crippen molar-refractivity contribution in [3.05, 3.63) is 35.9 Å². The molecule has 0 unspecified atom stereocenters. The first-order valence-electron chi connectivity index (χ1n) is 19.6. The Hall–Kier alpha value is -3.26. The van der Waals surface area contributed by atoms with Crippen LogP contribution in [0.15, 0.2) is 30.3 Å². The fourth-order valence-electron chi connectivity index (χ4n) is 8.17. The number of ether oxygens (including phenoxy) is 2. The number of nitrogens with zero attached hydrogens (tertiary/aromatic N) is 3. The predicted octanol–water partition coefficient (Wildman–Crippen LogP) is 3.04. The second-order valence-electron chi connectivity index (χ2n) is 15.6. The summed E-state index contributed by atoms with van der Waals surface area (Å²) in [5, 5.41) is 19.4. The lowest BCUT2D eigenvalue weighted by Gasteiger charge is -2.42. The summed E-state index contributed by atoms with van der Waals surface area (Å²) in [6, 6.07) is 7.40. The monoisotopic (exact) mass is 745 g/mol.